The molecule has 4 nitrogen and oxygen atoms in total. The fourth-order valence-electron chi connectivity index (χ4n) is 3.67. The highest BCUT2D eigenvalue weighted by Gasteiger charge is 2.38. The number of likely N-dealkylation sites (tertiary alicyclic amines) is 1. The molecular weight excluding hydrogens is 290 g/mol. The molecule has 1 saturated carbocycles. The van der Waals surface area contributed by atoms with Crippen molar-refractivity contribution in [2.75, 3.05) is 13.2 Å². The predicted molar refractivity (Wildman–Crippen MR) is 77.1 cm³/mol. The second-order valence-electron chi connectivity index (χ2n) is 5.96. The van der Waals surface area contributed by atoms with Crippen LogP contribution in [0.5, 0.6) is 5.88 Å². The first kappa shape index (κ1) is 15.2. The van der Waals surface area contributed by atoms with Crippen LogP contribution < -0.4 is 4.74 Å². The van der Waals surface area contributed by atoms with Gasteiger partial charge in [-0.1, -0.05) is 6.42 Å². The Bertz CT molecular complexity index is 539. The van der Waals surface area contributed by atoms with Crippen LogP contribution in [0.3, 0.4) is 0 Å². The van der Waals surface area contributed by atoms with E-state index in [1.807, 2.05) is 4.90 Å². The monoisotopic (exact) mass is 310 g/mol. The van der Waals surface area contributed by atoms with E-state index >= 15 is 0 Å². The van der Waals surface area contributed by atoms with E-state index in [1.54, 1.807) is 12.1 Å². The van der Waals surface area contributed by atoms with Crippen LogP contribution in [0.4, 0.5) is 8.78 Å². The quantitative estimate of drug-likeness (QED) is 0.858. The molecule has 2 atom stereocenters. The number of alkyl halides is 2. The number of nitrogens with zero attached hydrogens (tertiary/aromatic N) is 2. The number of carbonyl (C=O) groups is 1. The molecule has 3 rings (SSSR count). The average molecular weight is 310 g/mol. The van der Waals surface area contributed by atoms with Gasteiger partial charge in [0.15, 0.2) is 6.61 Å². The number of halogens is 2. The summed E-state index contributed by atoms with van der Waals surface area (Å²) in [7, 11) is 0. The van der Waals surface area contributed by atoms with Gasteiger partial charge < -0.3 is 9.64 Å². The number of pyridine rings is 1. The van der Waals surface area contributed by atoms with E-state index < -0.39 is 13.0 Å². The molecule has 2 heterocycles. The third-order valence-electron chi connectivity index (χ3n) is 4.60. The molecule has 0 spiro atoms. The lowest BCUT2D eigenvalue weighted by Gasteiger charge is -2.38. The Hall–Kier alpha value is -1.72. The van der Waals surface area contributed by atoms with Crippen LogP contribution in [0.1, 0.15) is 42.5 Å². The zero-order valence-corrected chi connectivity index (χ0v) is 12.4. The molecule has 2 fully saturated rings. The minimum atomic E-state index is -2.58. The number of hydrogen-bond acceptors (Lipinski definition) is 3. The van der Waals surface area contributed by atoms with Gasteiger partial charge in [0, 0.05) is 18.8 Å². The minimum absolute atomic E-state index is 0.00733. The highest BCUT2D eigenvalue weighted by atomic mass is 19.3. The Morgan fingerprint density at radius 1 is 1.36 bits per heavy atom. The van der Waals surface area contributed by atoms with Gasteiger partial charge in [-0.15, -0.1) is 0 Å². The van der Waals surface area contributed by atoms with Crippen molar-refractivity contribution in [1.82, 2.24) is 9.88 Å². The van der Waals surface area contributed by atoms with E-state index in [-0.39, 0.29) is 23.4 Å². The summed E-state index contributed by atoms with van der Waals surface area (Å²) in [6, 6.07) is 3.53. The maximum Gasteiger partial charge on any atom is 0.272 e. The van der Waals surface area contributed by atoms with Crippen molar-refractivity contribution in [3.8, 4) is 5.88 Å². The number of fused-ring (bicyclic) bond motifs is 1. The summed E-state index contributed by atoms with van der Waals surface area (Å²) in [5.41, 5.74) is 0.288. The highest BCUT2D eigenvalue weighted by Crippen LogP contribution is 2.37. The zero-order valence-electron chi connectivity index (χ0n) is 12.4. The summed E-state index contributed by atoms with van der Waals surface area (Å²) in [6.45, 7) is -0.0213. The van der Waals surface area contributed by atoms with Gasteiger partial charge in [0.25, 0.3) is 12.3 Å². The molecule has 0 N–H and O–H groups in total. The second kappa shape index (κ2) is 6.58. The Morgan fingerprint density at radius 3 is 3.00 bits per heavy atom. The molecule has 1 aliphatic heterocycles. The van der Waals surface area contributed by atoms with Crippen LogP contribution in [0.2, 0.25) is 0 Å². The van der Waals surface area contributed by atoms with Crippen LogP contribution in [-0.2, 0) is 0 Å². The van der Waals surface area contributed by atoms with Crippen LogP contribution in [0.25, 0.3) is 0 Å². The fourth-order valence-corrected chi connectivity index (χ4v) is 3.67. The van der Waals surface area contributed by atoms with E-state index in [0.717, 1.165) is 25.8 Å². The van der Waals surface area contributed by atoms with Crippen molar-refractivity contribution in [1.29, 1.82) is 0 Å². The largest absolute Gasteiger partial charge is 0.471 e. The molecule has 1 saturated heterocycles. The topological polar surface area (TPSA) is 42.4 Å². The van der Waals surface area contributed by atoms with Crippen molar-refractivity contribution in [2.24, 2.45) is 5.92 Å². The van der Waals surface area contributed by atoms with Gasteiger partial charge in [0.05, 0.1) is 0 Å². The number of hydrogen-bond donors (Lipinski definition) is 0. The van der Waals surface area contributed by atoms with E-state index in [0.29, 0.717) is 5.92 Å². The first-order valence-corrected chi connectivity index (χ1v) is 7.83. The molecule has 0 bridgehead atoms. The lowest BCUT2D eigenvalue weighted by atomic mass is 9.91. The van der Waals surface area contributed by atoms with Gasteiger partial charge in [0.1, 0.15) is 5.56 Å². The molecule has 120 valence electrons. The Balaban J connectivity index is 1.79. The van der Waals surface area contributed by atoms with Gasteiger partial charge in [-0.2, -0.15) is 0 Å². The van der Waals surface area contributed by atoms with Crippen LogP contribution >= 0.6 is 0 Å². The molecule has 1 aromatic heterocycles. The Labute approximate surface area is 128 Å². The third kappa shape index (κ3) is 3.05. The maximum atomic E-state index is 12.8. The maximum absolute atomic E-state index is 12.8. The molecule has 2 unspecified atom stereocenters. The van der Waals surface area contributed by atoms with Crippen LogP contribution in [0.15, 0.2) is 18.3 Å². The normalized spacial score (nSPS) is 24.4. The Morgan fingerprint density at radius 2 is 2.18 bits per heavy atom. The molecule has 6 heteroatoms. The zero-order chi connectivity index (χ0) is 15.5. The molecule has 2 aliphatic rings. The molecule has 1 amide bonds. The van der Waals surface area contributed by atoms with Crippen molar-refractivity contribution < 1.29 is 18.3 Å². The number of ether oxygens (including phenoxy) is 1. The van der Waals surface area contributed by atoms with Gasteiger partial charge in [-0.25, -0.2) is 13.8 Å². The number of amides is 1. The second-order valence-corrected chi connectivity index (χ2v) is 5.96. The van der Waals surface area contributed by atoms with Crippen molar-refractivity contribution in [3.63, 3.8) is 0 Å². The van der Waals surface area contributed by atoms with Crippen LogP contribution in [-0.4, -0.2) is 41.4 Å². The number of piperidine rings is 1. The van der Waals surface area contributed by atoms with Crippen LogP contribution in [0, 0.1) is 5.92 Å². The van der Waals surface area contributed by atoms with E-state index in [2.05, 4.69) is 4.98 Å². The van der Waals surface area contributed by atoms with Gasteiger partial charge in [-0.3, -0.25) is 4.79 Å². The molecule has 0 aromatic carbocycles. The predicted octanol–water partition coefficient (Wildman–Crippen LogP) is 3.13. The van der Waals surface area contributed by atoms with Gasteiger partial charge in [-0.05, 0) is 43.7 Å². The van der Waals surface area contributed by atoms with Crippen molar-refractivity contribution in [3.05, 3.63) is 23.9 Å². The molecule has 0 radical (unpaired) electrons. The fraction of sp³-hybridized carbons (Fsp3) is 0.625. The standard InChI is InChI=1S/C16H20F2N2O2/c17-14(18)10-22-15-12(6-2-8-19-15)16(21)20-9-3-5-11-4-1-7-13(11)20/h2,6,8,11,13-14H,1,3-5,7,9-10H2. The summed E-state index contributed by atoms with van der Waals surface area (Å²) in [4.78, 5) is 18.7. The summed E-state index contributed by atoms with van der Waals surface area (Å²) >= 11 is 0. The Kier molecular flexibility index (Phi) is 4.55. The van der Waals surface area contributed by atoms with Crippen molar-refractivity contribution in [2.45, 2.75) is 44.6 Å². The van der Waals surface area contributed by atoms with E-state index in [9.17, 15) is 13.6 Å². The molecule has 1 aliphatic carbocycles. The first-order chi connectivity index (χ1) is 10.7. The molecule has 22 heavy (non-hydrogen) atoms. The summed E-state index contributed by atoms with van der Waals surface area (Å²) in [5.74, 6) is 0.446. The SMILES string of the molecule is O=C(c1cccnc1OCC(F)F)N1CCCC2CCCC21. The number of aromatic nitrogens is 1. The lowest BCUT2D eigenvalue weighted by Crippen LogP contribution is -2.46. The van der Waals surface area contributed by atoms with Crippen molar-refractivity contribution >= 4 is 5.91 Å². The van der Waals surface area contributed by atoms with E-state index in [1.165, 1.54) is 19.0 Å². The summed E-state index contributed by atoms with van der Waals surface area (Å²) in [5, 5.41) is 0. The summed E-state index contributed by atoms with van der Waals surface area (Å²) < 4.78 is 29.7. The average Bonchev–Trinajstić information content (AvgIpc) is 3.01. The minimum Gasteiger partial charge on any atom is -0.471 e. The van der Waals surface area contributed by atoms with Gasteiger partial charge in [0.2, 0.25) is 5.88 Å². The number of carbonyl (C=O) groups excluding carboxylic acids is 1. The molecule has 1 aromatic rings. The number of rotatable bonds is 4. The first-order valence-electron chi connectivity index (χ1n) is 7.83. The molecular formula is C16H20F2N2O2. The highest BCUT2D eigenvalue weighted by molar-refractivity contribution is 5.96. The summed E-state index contributed by atoms with van der Waals surface area (Å²) in [6.07, 6.45) is 4.41. The smallest absolute Gasteiger partial charge is 0.272 e. The van der Waals surface area contributed by atoms with Gasteiger partial charge >= 0.3 is 0 Å². The van der Waals surface area contributed by atoms with E-state index in [4.69, 9.17) is 4.74 Å². The third-order valence-corrected chi connectivity index (χ3v) is 4.60. The lowest BCUT2D eigenvalue weighted by molar-refractivity contribution is 0.0528.